The van der Waals surface area contributed by atoms with Crippen molar-refractivity contribution in [2.24, 2.45) is 0 Å². The molecular weight excluding hydrogens is 604 g/mol. The van der Waals surface area contributed by atoms with Crippen LogP contribution in [-0.4, -0.2) is 118 Å². The number of carbonyl (C=O) groups excluding carboxylic acids is 4. The minimum Gasteiger partial charge on any atom is -0.507 e. The van der Waals surface area contributed by atoms with Gasteiger partial charge in [-0.15, -0.1) is 0 Å². The number of phenolic OH excluding ortho intramolecular Hbond substituents is 2. The molecule has 0 saturated carbocycles. The van der Waals surface area contributed by atoms with Crippen molar-refractivity contribution in [2.45, 2.75) is 75.6 Å². The minimum atomic E-state index is -2.06. The van der Waals surface area contributed by atoms with E-state index in [0.717, 1.165) is 0 Å². The summed E-state index contributed by atoms with van der Waals surface area (Å²) in [6.07, 6.45) is -6.35. The van der Waals surface area contributed by atoms with E-state index in [2.05, 4.69) is 0 Å². The number of carbonyl (C=O) groups is 4. The Balaban J connectivity index is 1.43. The van der Waals surface area contributed by atoms with Gasteiger partial charge in [-0.3, -0.25) is 19.3 Å². The molecule has 4 aliphatic rings. The van der Waals surface area contributed by atoms with Crippen LogP contribution in [0.5, 0.6) is 17.2 Å². The maximum atomic E-state index is 13.9. The number of ketones is 3. The highest BCUT2D eigenvalue weighted by Crippen LogP contribution is 2.52. The molecule has 0 bridgehead atoms. The molecule has 2 aliphatic heterocycles. The van der Waals surface area contributed by atoms with Gasteiger partial charge < -0.3 is 44.3 Å². The molecule has 1 unspecified atom stereocenters. The fraction of sp³-hybridized carbons (Fsp3) is 0.500. The van der Waals surface area contributed by atoms with Crippen molar-refractivity contribution in [2.75, 3.05) is 27.7 Å². The van der Waals surface area contributed by atoms with Gasteiger partial charge in [0.15, 0.2) is 17.9 Å². The van der Waals surface area contributed by atoms with Crippen molar-refractivity contribution in [3.05, 3.63) is 51.6 Å². The first-order chi connectivity index (χ1) is 21.7. The fourth-order valence-corrected chi connectivity index (χ4v) is 7.04. The highest BCUT2D eigenvalue weighted by molar-refractivity contribution is 6.31. The second kappa shape index (κ2) is 11.3. The Bertz CT molecular complexity index is 1660. The summed E-state index contributed by atoms with van der Waals surface area (Å²) in [4.78, 5) is 55.7. The number of aliphatic hydroxyl groups excluding tert-OH is 1. The van der Waals surface area contributed by atoms with Gasteiger partial charge in [0.1, 0.15) is 35.2 Å². The van der Waals surface area contributed by atoms with Gasteiger partial charge in [-0.1, -0.05) is 12.1 Å². The zero-order valence-electron chi connectivity index (χ0n) is 26.0. The van der Waals surface area contributed by atoms with E-state index in [1.54, 1.807) is 18.9 Å². The number of rotatable bonds is 4. The monoisotopic (exact) mass is 640 g/mol. The number of aliphatic hydroxyl groups is 2. The number of hydrogen-bond acceptors (Lipinski definition) is 13. The number of likely N-dealkylation sites (N-methyl/N-ethyl adjacent to an activating group) is 2. The molecule has 4 N–H and O–H groups in total. The average Bonchev–Trinajstić information content (AvgIpc) is 3.01. The third-order valence-corrected chi connectivity index (χ3v) is 9.67. The summed E-state index contributed by atoms with van der Waals surface area (Å²) >= 11 is 0. The highest BCUT2D eigenvalue weighted by atomic mass is 16.7. The van der Waals surface area contributed by atoms with E-state index in [4.69, 9.17) is 18.9 Å². The molecule has 0 spiro atoms. The minimum absolute atomic E-state index is 0.0140. The predicted molar refractivity (Wildman–Crippen MR) is 157 cm³/mol. The number of aromatic hydroxyl groups is 2. The second-order valence-corrected chi connectivity index (χ2v) is 12.4. The fourth-order valence-electron chi connectivity index (χ4n) is 7.04. The van der Waals surface area contributed by atoms with Crippen molar-refractivity contribution in [3.63, 3.8) is 0 Å². The maximum Gasteiger partial charge on any atom is 0.410 e. The highest BCUT2D eigenvalue weighted by Gasteiger charge is 2.51. The summed E-state index contributed by atoms with van der Waals surface area (Å²) < 4.78 is 23.4. The van der Waals surface area contributed by atoms with Crippen LogP contribution in [-0.2, 0) is 25.4 Å². The number of β-amino-alcohol motifs (C(OH)–C–C–N with tert-alkyl or cyclic N) is 1. The van der Waals surface area contributed by atoms with Gasteiger partial charge in [-0.05, 0) is 27.0 Å². The number of hydrogen-bond donors (Lipinski definition) is 4. The van der Waals surface area contributed by atoms with Gasteiger partial charge in [-0.2, -0.15) is 0 Å². The molecule has 0 aromatic heterocycles. The van der Waals surface area contributed by atoms with E-state index in [9.17, 15) is 39.6 Å². The Hall–Kier alpha value is -4.08. The van der Waals surface area contributed by atoms with Crippen LogP contribution in [0.3, 0.4) is 0 Å². The normalized spacial score (nSPS) is 31.1. The largest absolute Gasteiger partial charge is 0.507 e. The number of fused-ring (bicyclic) bond motifs is 4. The van der Waals surface area contributed by atoms with E-state index in [1.807, 2.05) is 0 Å². The molecule has 2 aromatic rings. The van der Waals surface area contributed by atoms with Crippen LogP contribution in [0.1, 0.15) is 75.8 Å². The summed E-state index contributed by atoms with van der Waals surface area (Å²) in [6, 6.07) is 3.84. The van der Waals surface area contributed by atoms with Crippen LogP contribution in [0.15, 0.2) is 18.2 Å². The first kappa shape index (κ1) is 31.9. The van der Waals surface area contributed by atoms with Crippen LogP contribution in [0, 0.1) is 0 Å². The molecule has 14 nitrogen and oxygen atoms in total. The molecule has 2 saturated heterocycles. The maximum absolute atomic E-state index is 13.9. The molecule has 1 amide bonds. The van der Waals surface area contributed by atoms with E-state index in [-0.39, 0.29) is 47.4 Å². The number of methoxy groups -OCH3 is 1. The summed E-state index contributed by atoms with van der Waals surface area (Å²) in [5.74, 6) is -3.32. The SMILES string of the molecule is COc1cccc2c1C(=O)c1c(O)c3c(c(O)c1C2=O)C[C@@](O)(C(C)=O)C[C@@H]3O[C@H]1C[C@H]2[C@H](OC(=O)N(C)CC(O)N2C)[C@H](C)O1. The molecule has 46 heavy (non-hydrogen) atoms. The molecule has 6 rings (SSSR count). The standard InChI is InChI=1S/C32H36N2O12/c1-13-30-17(34(4)20(36)12-33(3)31(41)46-30)9-21(44-13)45-19-11-32(42,14(2)35)10-16-23(19)29(40)25-24(27(16)38)26(37)15-7-6-8-18(43-5)22(15)28(25)39/h6-8,13,17,19-21,30,36,38,40,42H,9-12H2,1-5H3/t13-,17-,19-,20?,21-,30+,32-/m0/s1. The number of amides is 1. The molecule has 2 aromatic carbocycles. The molecule has 0 radical (unpaired) electrons. The predicted octanol–water partition coefficient (Wildman–Crippen LogP) is 1.41. The van der Waals surface area contributed by atoms with Crippen molar-refractivity contribution in [1.82, 2.24) is 9.80 Å². The lowest BCUT2D eigenvalue weighted by Crippen LogP contribution is -2.62. The van der Waals surface area contributed by atoms with Gasteiger partial charge in [0.05, 0.1) is 48.6 Å². The third-order valence-electron chi connectivity index (χ3n) is 9.67. The van der Waals surface area contributed by atoms with E-state index in [1.165, 1.54) is 44.2 Å². The number of Topliss-reactive ketones (excluding diaryl/α,β-unsaturated/α-hetero) is 1. The topological polar surface area (TPSA) is 193 Å². The summed E-state index contributed by atoms with van der Waals surface area (Å²) in [7, 11) is 4.50. The summed E-state index contributed by atoms with van der Waals surface area (Å²) in [5, 5.41) is 45.5. The zero-order chi connectivity index (χ0) is 33.4. The molecule has 7 atom stereocenters. The quantitative estimate of drug-likeness (QED) is 0.300. The molecule has 2 heterocycles. The van der Waals surface area contributed by atoms with Crippen LogP contribution in [0.2, 0.25) is 0 Å². The lowest BCUT2D eigenvalue weighted by Gasteiger charge is -2.48. The number of benzene rings is 2. The van der Waals surface area contributed by atoms with Crippen LogP contribution in [0.4, 0.5) is 4.79 Å². The van der Waals surface area contributed by atoms with Crippen molar-refractivity contribution >= 4 is 23.4 Å². The Morgan fingerprint density at radius 1 is 1.07 bits per heavy atom. The van der Waals surface area contributed by atoms with Gasteiger partial charge in [0, 0.05) is 43.0 Å². The lowest BCUT2D eigenvalue weighted by atomic mass is 9.72. The van der Waals surface area contributed by atoms with Gasteiger partial charge >= 0.3 is 6.09 Å². The number of phenols is 2. The Morgan fingerprint density at radius 2 is 1.76 bits per heavy atom. The molecule has 2 fully saturated rings. The molecule has 246 valence electrons. The first-order valence-corrected chi connectivity index (χ1v) is 14.9. The van der Waals surface area contributed by atoms with Crippen LogP contribution < -0.4 is 4.74 Å². The zero-order valence-corrected chi connectivity index (χ0v) is 26.0. The van der Waals surface area contributed by atoms with E-state index in [0.29, 0.717) is 0 Å². The van der Waals surface area contributed by atoms with Crippen molar-refractivity contribution < 1.29 is 58.6 Å². The summed E-state index contributed by atoms with van der Waals surface area (Å²) in [5.41, 5.74) is -3.25. The van der Waals surface area contributed by atoms with Gasteiger partial charge in [-0.25, -0.2) is 4.79 Å². The Labute approximate surface area is 264 Å². The third kappa shape index (κ3) is 4.83. The number of ether oxygens (including phenoxy) is 4. The van der Waals surface area contributed by atoms with E-state index < -0.39 is 95.0 Å². The average molecular weight is 641 g/mol. The molecule has 2 aliphatic carbocycles. The lowest BCUT2D eigenvalue weighted by molar-refractivity contribution is -0.266. The van der Waals surface area contributed by atoms with Gasteiger partial charge in [0.25, 0.3) is 0 Å². The van der Waals surface area contributed by atoms with Crippen molar-refractivity contribution in [3.8, 4) is 17.2 Å². The van der Waals surface area contributed by atoms with Crippen LogP contribution >= 0.6 is 0 Å². The van der Waals surface area contributed by atoms with Crippen LogP contribution in [0.25, 0.3) is 0 Å². The number of nitrogens with zero attached hydrogens (tertiary/aromatic N) is 2. The molecular formula is C32H36N2O12. The van der Waals surface area contributed by atoms with Crippen molar-refractivity contribution in [1.29, 1.82) is 0 Å². The first-order valence-electron chi connectivity index (χ1n) is 14.9. The smallest absolute Gasteiger partial charge is 0.410 e. The van der Waals surface area contributed by atoms with E-state index >= 15 is 0 Å². The summed E-state index contributed by atoms with van der Waals surface area (Å²) in [6.45, 7) is 2.83. The molecule has 14 heteroatoms. The Morgan fingerprint density at radius 3 is 2.43 bits per heavy atom. The van der Waals surface area contributed by atoms with Gasteiger partial charge in [0.2, 0.25) is 5.78 Å². The second-order valence-electron chi connectivity index (χ2n) is 12.4. The Kier molecular flexibility index (Phi) is 7.84.